The number of carbonyl (C=O) groups excluding carboxylic acids is 2. The molecule has 4 aromatic rings. The summed E-state index contributed by atoms with van der Waals surface area (Å²) in [6.45, 7) is 5.60. The molecule has 2 heterocycles. The number of nitriles is 1. The number of hydrogen-bond acceptors (Lipinski definition) is 5. The molecule has 0 N–H and O–H groups in total. The third kappa shape index (κ3) is 5.20. The van der Waals surface area contributed by atoms with Crippen molar-refractivity contribution in [3.63, 3.8) is 0 Å². The van der Waals surface area contributed by atoms with Gasteiger partial charge in [-0.1, -0.05) is 48.5 Å². The largest absolute Gasteiger partial charge is 0.489 e. The summed E-state index contributed by atoms with van der Waals surface area (Å²) in [4.78, 5) is 27.4. The Labute approximate surface area is 233 Å². The molecule has 0 bridgehead atoms. The van der Waals surface area contributed by atoms with E-state index >= 15 is 0 Å². The molecule has 0 fully saturated rings. The van der Waals surface area contributed by atoms with Gasteiger partial charge in [0, 0.05) is 28.9 Å². The Morgan fingerprint density at radius 3 is 2.20 bits per heavy atom. The van der Waals surface area contributed by atoms with Gasteiger partial charge in [0.1, 0.15) is 24.0 Å². The van der Waals surface area contributed by atoms with Gasteiger partial charge in [0.25, 0.3) is 11.8 Å². The van der Waals surface area contributed by atoms with E-state index < -0.39 is 17.9 Å². The maximum absolute atomic E-state index is 13.5. The van der Waals surface area contributed by atoms with Crippen LogP contribution in [0.4, 0.5) is 0 Å². The van der Waals surface area contributed by atoms with Gasteiger partial charge in [0.05, 0.1) is 11.4 Å². The van der Waals surface area contributed by atoms with E-state index in [1.54, 1.807) is 31.5 Å². The van der Waals surface area contributed by atoms with Crippen molar-refractivity contribution in [2.24, 2.45) is 0 Å². The first-order chi connectivity index (χ1) is 19.4. The Bertz CT molecular complexity index is 1660. The molecule has 3 aromatic carbocycles. The lowest BCUT2D eigenvalue weighted by Crippen LogP contribution is -2.46. The normalized spacial score (nSPS) is 14.7. The van der Waals surface area contributed by atoms with Crippen molar-refractivity contribution in [1.29, 1.82) is 5.26 Å². The minimum absolute atomic E-state index is 0.0310. The van der Waals surface area contributed by atoms with Gasteiger partial charge in [0.15, 0.2) is 0 Å². The van der Waals surface area contributed by atoms with Crippen LogP contribution in [0.1, 0.15) is 31.9 Å². The second-order valence-corrected chi connectivity index (χ2v) is 9.76. The first-order valence-corrected chi connectivity index (χ1v) is 13.0. The van der Waals surface area contributed by atoms with Crippen molar-refractivity contribution < 1.29 is 14.3 Å². The highest BCUT2D eigenvalue weighted by Gasteiger charge is 2.37. The monoisotopic (exact) mass is 528 g/mol. The summed E-state index contributed by atoms with van der Waals surface area (Å²) in [5.41, 5.74) is 4.72. The predicted molar refractivity (Wildman–Crippen MR) is 153 cm³/mol. The van der Waals surface area contributed by atoms with Crippen molar-refractivity contribution in [2.45, 2.75) is 33.4 Å². The van der Waals surface area contributed by atoms with Gasteiger partial charge in [0.2, 0.25) is 0 Å². The first-order valence-electron chi connectivity index (χ1n) is 13.0. The van der Waals surface area contributed by atoms with Crippen LogP contribution in [0, 0.1) is 11.3 Å². The molecule has 2 amide bonds. The molecule has 0 radical (unpaired) electrons. The molecule has 0 spiro atoms. The Kier molecular flexibility index (Phi) is 7.43. The molecule has 1 aliphatic heterocycles. The molecular weight excluding hydrogens is 500 g/mol. The number of carbonyl (C=O) groups is 2. The van der Waals surface area contributed by atoms with E-state index in [1.165, 1.54) is 0 Å². The molecule has 0 unspecified atom stereocenters. The van der Waals surface area contributed by atoms with Crippen LogP contribution in [0.2, 0.25) is 0 Å². The number of para-hydroxylation sites is 1. The summed E-state index contributed by atoms with van der Waals surface area (Å²) in [5, 5.41) is 14.6. The number of hydrogen-bond donors (Lipinski definition) is 0. The number of nitrogens with zero attached hydrogens (tertiary/aromatic N) is 4. The zero-order valence-electron chi connectivity index (χ0n) is 22.5. The lowest BCUT2D eigenvalue weighted by atomic mass is 9.92. The summed E-state index contributed by atoms with van der Waals surface area (Å²) < 4.78 is 7.70. The number of rotatable bonds is 7. The van der Waals surface area contributed by atoms with Crippen LogP contribution < -0.4 is 4.74 Å². The minimum Gasteiger partial charge on any atom is -0.489 e. The van der Waals surface area contributed by atoms with E-state index in [0.717, 1.165) is 27.5 Å². The average molecular weight is 529 g/mol. The maximum Gasteiger partial charge on any atom is 0.271 e. The topological polar surface area (TPSA) is 88.2 Å². The fourth-order valence-electron chi connectivity index (χ4n) is 4.60. The molecule has 7 nitrogen and oxygen atoms in total. The Morgan fingerprint density at radius 1 is 0.925 bits per heavy atom. The fourth-order valence-corrected chi connectivity index (χ4v) is 4.60. The van der Waals surface area contributed by atoms with Crippen molar-refractivity contribution in [3.05, 3.63) is 119 Å². The molecule has 0 atom stereocenters. The number of ether oxygens (including phenoxy) is 1. The number of aromatic nitrogens is 2. The maximum atomic E-state index is 13.5. The zero-order valence-corrected chi connectivity index (χ0v) is 22.5. The van der Waals surface area contributed by atoms with E-state index in [2.05, 4.69) is 0 Å². The van der Waals surface area contributed by atoms with Crippen LogP contribution in [-0.2, 0) is 16.2 Å². The van der Waals surface area contributed by atoms with Crippen molar-refractivity contribution >= 4 is 17.9 Å². The van der Waals surface area contributed by atoms with Gasteiger partial charge >= 0.3 is 0 Å². The molecule has 0 saturated heterocycles. The van der Waals surface area contributed by atoms with Crippen molar-refractivity contribution in [3.8, 4) is 28.8 Å². The van der Waals surface area contributed by atoms with Crippen molar-refractivity contribution in [2.75, 3.05) is 0 Å². The molecule has 198 valence electrons. The van der Waals surface area contributed by atoms with Crippen molar-refractivity contribution in [1.82, 2.24) is 14.7 Å². The Hall–Kier alpha value is -5.22. The van der Waals surface area contributed by atoms with Crippen LogP contribution in [-0.4, -0.2) is 32.5 Å². The molecule has 0 aliphatic carbocycles. The second kappa shape index (κ2) is 11.3. The van der Waals surface area contributed by atoms with Gasteiger partial charge in [-0.2, -0.15) is 10.4 Å². The Balaban J connectivity index is 1.56. The lowest BCUT2D eigenvalue weighted by Gasteiger charge is -2.30. The molecule has 5 rings (SSSR count). The predicted octanol–water partition coefficient (Wildman–Crippen LogP) is 6.12. The minimum atomic E-state index is -0.566. The summed E-state index contributed by atoms with van der Waals surface area (Å²) in [6, 6.07) is 28.9. The van der Waals surface area contributed by atoms with E-state index in [-0.39, 0.29) is 5.57 Å². The van der Waals surface area contributed by atoms with Crippen LogP contribution in [0.15, 0.2) is 108 Å². The highest BCUT2D eigenvalue weighted by Crippen LogP contribution is 2.32. The number of benzene rings is 3. The van der Waals surface area contributed by atoms with Crippen LogP contribution in [0.25, 0.3) is 23.0 Å². The highest BCUT2D eigenvalue weighted by atomic mass is 16.5. The summed E-state index contributed by atoms with van der Waals surface area (Å²) >= 11 is 0. The fraction of sp³-hybridized carbons (Fsp3) is 0.152. The molecule has 1 aromatic heterocycles. The SMILES string of the molecule is CC1=C(C#N)C(=O)N(C(C)C)C(=O)/C1=C/c1cn(-c2ccccc2)nc1-c1ccc(OCc2ccccc2)cc1. The molecule has 1 aliphatic rings. The van der Waals surface area contributed by atoms with E-state index in [4.69, 9.17) is 9.84 Å². The number of amides is 2. The zero-order chi connectivity index (χ0) is 28.2. The van der Waals surface area contributed by atoms with E-state index in [1.807, 2.05) is 97.2 Å². The third-order valence-corrected chi connectivity index (χ3v) is 6.73. The lowest BCUT2D eigenvalue weighted by molar-refractivity contribution is -0.142. The van der Waals surface area contributed by atoms with Gasteiger partial charge in [-0.15, -0.1) is 0 Å². The first kappa shape index (κ1) is 26.4. The van der Waals surface area contributed by atoms with Gasteiger partial charge in [-0.05, 0) is 74.4 Å². The van der Waals surface area contributed by atoms with E-state index in [0.29, 0.717) is 29.0 Å². The average Bonchev–Trinajstić information content (AvgIpc) is 3.39. The standard InChI is InChI=1S/C33H28N4O3/c1-22(2)37-32(38)29(23(3)30(19-34)33(37)39)18-26-20-36(27-12-8-5-9-13-27)35-31(26)25-14-16-28(17-15-25)40-21-24-10-6-4-7-11-24/h4-18,20,22H,21H2,1-3H3/b29-18+. The second-order valence-electron chi connectivity index (χ2n) is 9.76. The summed E-state index contributed by atoms with van der Waals surface area (Å²) in [6.07, 6.45) is 3.57. The van der Waals surface area contributed by atoms with Crippen LogP contribution >= 0.6 is 0 Å². The summed E-state index contributed by atoms with van der Waals surface area (Å²) in [7, 11) is 0. The smallest absolute Gasteiger partial charge is 0.271 e. The number of imide groups is 1. The quantitative estimate of drug-likeness (QED) is 0.213. The Morgan fingerprint density at radius 2 is 1.57 bits per heavy atom. The molecule has 0 saturated carbocycles. The molecule has 40 heavy (non-hydrogen) atoms. The van der Waals surface area contributed by atoms with Crippen LogP contribution in [0.3, 0.4) is 0 Å². The molecule has 7 heteroatoms. The van der Waals surface area contributed by atoms with E-state index in [9.17, 15) is 14.9 Å². The molecular formula is C33H28N4O3. The van der Waals surface area contributed by atoms with Gasteiger partial charge in [-0.3, -0.25) is 14.5 Å². The summed E-state index contributed by atoms with van der Waals surface area (Å²) in [5.74, 6) is -0.274. The highest BCUT2D eigenvalue weighted by molar-refractivity contribution is 6.20. The van der Waals surface area contributed by atoms with Crippen LogP contribution in [0.5, 0.6) is 5.75 Å². The van der Waals surface area contributed by atoms with Gasteiger partial charge in [-0.25, -0.2) is 4.68 Å². The third-order valence-electron chi connectivity index (χ3n) is 6.73. The van der Waals surface area contributed by atoms with Gasteiger partial charge < -0.3 is 4.74 Å².